The molecule has 1 aliphatic heterocycles. The summed E-state index contributed by atoms with van der Waals surface area (Å²) in [6, 6.07) is 4.99. The molecule has 0 bridgehead atoms. The van der Waals surface area contributed by atoms with Crippen molar-refractivity contribution in [2.24, 2.45) is 0 Å². The Hall–Kier alpha value is -0.960. The van der Waals surface area contributed by atoms with E-state index in [1.54, 1.807) is 12.1 Å². The molecule has 1 aromatic carbocycles. The molecule has 1 aliphatic rings. The van der Waals surface area contributed by atoms with Crippen molar-refractivity contribution >= 4 is 0 Å². The number of rotatable bonds is 1. The fourth-order valence-corrected chi connectivity index (χ4v) is 2.42. The first-order chi connectivity index (χ1) is 7.09. The molecule has 0 aliphatic carbocycles. The van der Waals surface area contributed by atoms with E-state index >= 15 is 0 Å². The number of hydrogen-bond acceptors (Lipinski definition) is 1. The Bertz CT molecular complexity index is 365. The third-order valence-corrected chi connectivity index (χ3v) is 3.14. The topological polar surface area (TPSA) is 12.0 Å². The van der Waals surface area contributed by atoms with Gasteiger partial charge in [0.05, 0.1) is 0 Å². The van der Waals surface area contributed by atoms with Crippen LogP contribution in [0, 0.1) is 11.6 Å². The highest BCUT2D eigenvalue weighted by Crippen LogP contribution is 2.32. The molecule has 0 aromatic heterocycles. The van der Waals surface area contributed by atoms with Crippen LogP contribution in [0.3, 0.4) is 0 Å². The number of nitrogens with one attached hydrogen (secondary N) is 1. The minimum atomic E-state index is -0.751. The molecule has 0 saturated carbocycles. The Kier molecular flexibility index (Phi) is 2.74. The zero-order chi connectivity index (χ0) is 11.0. The standard InChI is InChI=1S/C12H15F2N/c1-7-6-10(8(2)15-7)9-4-3-5-11(13)12(9)14/h3-5,7-8,10,15H,6H2,1-2H3. The van der Waals surface area contributed by atoms with Gasteiger partial charge in [-0.3, -0.25) is 0 Å². The van der Waals surface area contributed by atoms with Crippen molar-refractivity contribution in [2.75, 3.05) is 0 Å². The van der Waals surface area contributed by atoms with Gasteiger partial charge in [-0.15, -0.1) is 0 Å². The molecule has 3 atom stereocenters. The van der Waals surface area contributed by atoms with Gasteiger partial charge in [0, 0.05) is 18.0 Å². The van der Waals surface area contributed by atoms with Crippen molar-refractivity contribution in [3.63, 3.8) is 0 Å². The molecule has 3 heteroatoms. The second kappa shape index (κ2) is 3.89. The van der Waals surface area contributed by atoms with E-state index in [-0.39, 0.29) is 12.0 Å². The maximum Gasteiger partial charge on any atom is 0.162 e. The zero-order valence-corrected chi connectivity index (χ0v) is 8.93. The largest absolute Gasteiger partial charge is 0.311 e. The molecular weight excluding hydrogens is 196 g/mol. The molecule has 1 saturated heterocycles. The molecule has 0 spiro atoms. The van der Waals surface area contributed by atoms with Gasteiger partial charge in [-0.25, -0.2) is 8.78 Å². The van der Waals surface area contributed by atoms with Crippen molar-refractivity contribution in [3.05, 3.63) is 35.4 Å². The highest BCUT2D eigenvalue weighted by Gasteiger charge is 2.31. The zero-order valence-electron chi connectivity index (χ0n) is 8.93. The Labute approximate surface area is 88.5 Å². The van der Waals surface area contributed by atoms with Crippen LogP contribution < -0.4 is 5.32 Å². The first-order valence-corrected chi connectivity index (χ1v) is 5.29. The highest BCUT2D eigenvalue weighted by molar-refractivity contribution is 5.26. The van der Waals surface area contributed by atoms with Crippen LogP contribution in [0.15, 0.2) is 18.2 Å². The van der Waals surface area contributed by atoms with Crippen molar-refractivity contribution in [1.82, 2.24) is 5.32 Å². The fraction of sp³-hybridized carbons (Fsp3) is 0.500. The summed E-state index contributed by atoms with van der Waals surface area (Å²) in [5.74, 6) is -1.36. The van der Waals surface area contributed by atoms with Gasteiger partial charge in [-0.05, 0) is 31.9 Å². The Morgan fingerprint density at radius 1 is 1.27 bits per heavy atom. The Morgan fingerprint density at radius 2 is 2.00 bits per heavy atom. The average molecular weight is 211 g/mol. The van der Waals surface area contributed by atoms with Crippen LogP contribution in [0.1, 0.15) is 31.7 Å². The van der Waals surface area contributed by atoms with Crippen LogP contribution in [0.25, 0.3) is 0 Å². The maximum atomic E-state index is 13.6. The maximum absolute atomic E-state index is 13.6. The minimum Gasteiger partial charge on any atom is -0.311 e. The number of halogens is 2. The van der Waals surface area contributed by atoms with Crippen LogP contribution in [-0.2, 0) is 0 Å². The normalized spacial score (nSPS) is 30.8. The van der Waals surface area contributed by atoms with Crippen LogP contribution in [0.2, 0.25) is 0 Å². The molecule has 82 valence electrons. The summed E-state index contributed by atoms with van der Waals surface area (Å²) in [5.41, 5.74) is 0.499. The van der Waals surface area contributed by atoms with Gasteiger partial charge >= 0.3 is 0 Å². The van der Waals surface area contributed by atoms with Gasteiger partial charge in [-0.2, -0.15) is 0 Å². The van der Waals surface area contributed by atoms with Crippen molar-refractivity contribution in [3.8, 4) is 0 Å². The molecular formula is C12H15F2N. The molecule has 15 heavy (non-hydrogen) atoms. The van der Waals surface area contributed by atoms with E-state index in [0.717, 1.165) is 12.5 Å². The summed E-state index contributed by atoms with van der Waals surface area (Å²) in [5, 5.41) is 3.32. The lowest BCUT2D eigenvalue weighted by atomic mass is 9.91. The van der Waals surface area contributed by atoms with Gasteiger partial charge in [0.1, 0.15) is 0 Å². The predicted octanol–water partition coefficient (Wildman–Crippen LogP) is 2.82. The van der Waals surface area contributed by atoms with Crippen LogP contribution >= 0.6 is 0 Å². The molecule has 3 unspecified atom stereocenters. The van der Waals surface area contributed by atoms with Crippen LogP contribution in [-0.4, -0.2) is 12.1 Å². The lowest BCUT2D eigenvalue weighted by molar-refractivity contribution is 0.478. The molecule has 0 radical (unpaired) electrons. The summed E-state index contributed by atoms with van der Waals surface area (Å²) in [4.78, 5) is 0. The molecule has 1 fully saturated rings. The van der Waals surface area contributed by atoms with Gasteiger partial charge in [0.15, 0.2) is 11.6 Å². The monoisotopic (exact) mass is 211 g/mol. The smallest absolute Gasteiger partial charge is 0.162 e. The van der Waals surface area contributed by atoms with Gasteiger partial charge in [-0.1, -0.05) is 12.1 Å². The lowest BCUT2D eigenvalue weighted by Gasteiger charge is -2.16. The van der Waals surface area contributed by atoms with Crippen molar-refractivity contribution in [2.45, 2.75) is 38.3 Å². The third-order valence-electron chi connectivity index (χ3n) is 3.14. The van der Waals surface area contributed by atoms with Gasteiger partial charge in [0.2, 0.25) is 0 Å². The lowest BCUT2D eigenvalue weighted by Crippen LogP contribution is -2.26. The van der Waals surface area contributed by atoms with Crippen LogP contribution in [0.4, 0.5) is 8.78 Å². The molecule has 1 nitrogen and oxygen atoms in total. The Morgan fingerprint density at radius 3 is 2.60 bits per heavy atom. The summed E-state index contributed by atoms with van der Waals surface area (Å²) in [6.45, 7) is 4.08. The molecule has 1 aromatic rings. The van der Waals surface area contributed by atoms with Crippen LogP contribution in [0.5, 0.6) is 0 Å². The summed E-state index contributed by atoms with van der Waals surface area (Å²) < 4.78 is 26.6. The summed E-state index contributed by atoms with van der Waals surface area (Å²) in [7, 11) is 0. The first-order valence-electron chi connectivity index (χ1n) is 5.29. The highest BCUT2D eigenvalue weighted by atomic mass is 19.2. The third kappa shape index (κ3) is 1.88. The van der Waals surface area contributed by atoms with E-state index < -0.39 is 11.6 Å². The molecule has 0 amide bonds. The molecule has 1 N–H and O–H groups in total. The second-order valence-electron chi connectivity index (χ2n) is 4.34. The fourth-order valence-electron chi connectivity index (χ4n) is 2.42. The van der Waals surface area contributed by atoms with Gasteiger partial charge < -0.3 is 5.32 Å². The average Bonchev–Trinajstić information content (AvgIpc) is 2.50. The van der Waals surface area contributed by atoms with Gasteiger partial charge in [0.25, 0.3) is 0 Å². The van der Waals surface area contributed by atoms with E-state index in [1.165, 1.54) is 0 Å². The summed E-state index contributed by atoms with van der Waals surface area (Å²) >= 11 is 0. The van der Waals surface area contributed by atoms with Crippen molar-refractivity contribution < 1.29 is 8.78 Å². The van der Waals surface area contributed by atoms with E-state index in [2.05, 4.69) is 12.2 Å². The van der Waals surface area contributed by atoms with Crippen molar-refractivity contribution in [1.29, 1.82) is 0 Å². The molecule has 1 heterocycles. The Balaban J connectivity index is 2.33. The SMILES string of the molecule is CC1CC(c2cccc(F)c2F)C(C)N1. The van der Waals surface area contributed by atoms with E-state index in [9.17, 15) is 8.78 Å². The quantitative estimate of drug-likeness (QED) is 0.753. The second-order valence-corrected chi connectivity index (χ2v) is 4.34. The molecule has 2 rings (SSSR count). The first kappa shape index (κ1) is 10.6. The number of hydrogen-bond donors (Lipinski definition) is 1. The van der Waals surface area contributed by atoms with E-state index in [0.29, 0.717) is 11.6 Å². The van der Waals surface area contributed by atoms with E-state index in [4.69, 9.17) is 0 Å². The number of benzene rings is 1. The predicted molar refractivity (Wildman–Crippen MR) is 55.8 cm³/mol. The summed E-state index contributed by atoms with van der Waals surface area (Å²) in [6.07, 6.45) is 0.863. The van der Waals surface area contributed by atoms with E-state index in [1.807, 2.05) is 6.92 Å². The minimum absolute atomic E-state index is 0.0794.